The summed E-state index contributed by atoms with van der Waals surface area (Å²) in [4.78, 5) is 0. The highest BCUT2D eigenvalue weighted by atomic mass is 32.2. The Morgan fingerprint density at radius 3 is 2.42 bits per heavy atom. The Morgan fingerprint density at radius 2 is 1.84 bits per heavy atom. The molecule has 0 heterocycles. The van der Waals surface area contributed by atoms with Crippen LogP contribution in [0.5, 0.6) is 0 Å². The van der Waals surface area contributed by atoms with E-state index in [4.69, 9.17) is 5.41 Å². The summed E-state index contributed by atoms with van der Waals surface area (Å²) >= 11 is -2.40. The molecular formula is C13H12N2O2PS-. The van der Waals surface area contributed by atoms with E-state index in [9.17, 15) is 8.76 Å². The number of anilines is 1. The van der Waals surface area contributed by atoms with Crippen molar-refractivity contribution in [2.24, 2.45) is 0 Å². The molecular weight excluding hydrogens is 279 g/mol. The van der Waals surface area contributed by atoms with Gasteiger partial charge in [0.25, 0.3) is 0 Å². The molecule has 6 heteroatoms. The van der Waals surface area contributed by atoms with Crippen molar-refractivity contribution in [1.29, 1.82) is 5.41 Å². The van der Waals surface area contributed by atoms with Crippen molar-refractivity contribution >= 4 is 31.6 Å². The average molecular weight is 291 g/mol. The van der Waals surface area contributed by atoms with Crippen LogP contribution in [0.15, 0.2) is 48.5 Å². The van der Waals surface area contributed by atoms with E-state index in [1.807, 2.05) is 36.4 Å². The summed E-state index contributed by atoms with van der Waals surface area (Å²) in [7, 11) is 2.27. The molecule has 0 saturated carbocycles. The van der Waals surface area contributed by atoms with Crippen LogP contribution in [-0.2, 0) is 11.3 Å². The van der Waals surface area contributed by atoms with Crippen LogP contribution < -0.4 is 4.72 Å². The van der Waals surface area contributed by atoms with Gasteiger partial charge in [-0.3, -0.25) is 4.21 Å². The Balaban J connectivity index is 2.48. The molecule has 4 nitrogen and oxygen atoms in total. The lowest BCUT2D eigenvalue weighted by Gasteiger charge is -2.14. The Hall–Kier alpha value is -1.55. The van der Waals surface area contributed by atoms with Crippen molar-refractivity contribution in [3.63, 3.8) is 0 Å². The van der Waals surface area contributed by atoms with Gasteiger partial charge in [0.2, 0.25) is 0 Å². The first-order chi connectivity index (χ1) is 9.08. The van der Waals surface area contributed by atoms with Gasteiger partial charge in [0.05, 0.1) is 11.1 Å². The Labute approximate surface area is 116 Å². The van der Waals surface area contributed by atoms with Gasteiger partial charge in [-0.2, -0.15) is 0 Å². The minimum absolute atomic E-state index is 0.228. The van der Waals surface area contributed by atoms with Crippen LogP contribution in [0.3, 0.4) is 0 Å². The zero-order valence-corrected chi connectivity index (χ0v) is 11.9. The molecule has 0 aliphatic rings. The highest BCUT2D eigenvalue weighted by molar-refractivity contribution is 7.80. The molecule has 2 aromatic rings. The Bertz CT molecular complexity index is 632. The average Bonchev–Trinajstić information content (AvgIpc) is 2.39. The molecule has 2 N–H and O–H groups in total. The number of hydrogen-bond donors (Lipinski definition) is 2. The fraction of sp³-hybridized carbons (Fsp3) is 0. The predicted molar refractivity (Wildman–Crippen MR) is 81.0 cm³/mol. The normalized spacial score (nSPS) is 11.9. The highest BCUT2D eigenvalue weighted by Gasteiger charge is 2.07. The molecule has 19 heavy (non-hydrogen) atoms. The molecule has 2 atom stereocenters. The second-order valence-electron chi connectivity index (χ2n) is 3.88. The van der Waals surface area contributed by atoms with E-state index in [2.05, 4.69) is 14.0 Å². The second kappa shape index (κ2) is 6.06. The fourth-order valence-electron chi connectivity index (χ4n) is 1.76. The maximum Gasteiger partial charge on any atom is 0.0572 e. The topological polar surface area (TPSA) is 76.0 Å². The van der Waals surface area contributed by atoms with E-state index in [1.54, 1.807) is 12.1 Å². The van der Waals surface area contributed by atoms with Gasteiger partial charge in [-0.15, -0.1) is 0 Å². The summed E-state index contributed by atoms with van der Waals surface area (Å²) in [6, 6.07) is 15.0. The molecule has 0 fully saturated rings. The first-order valence-corrected chi connectivity index (χ1v) is 7.13. The maximum absolute atomic E-state index is 10.7. The summed E-state index contributed by atoms with van der Waals surface area (Å²) in [6.45, 7) is 0. The Morgan fingerprint density at radius 1 is 1.16 bits per heavy atom. The lowest BCUT2D eigenvalue weighted by molar-refractivity contribution is 0.542. The van der Waals surface area contributed by atoms with Gasteiger partial charge in [-0.1, -0.05) is 45.6 Å². The third-order valence-electron chi connectivity index (χ3n) is 2.61. The Kier molecular flexibility index (Phi) is 4.43. The molecule has 0 amide bonds. The third-order valence-corrected chi connectivity index (χ3v) is 3.31. The molecule has 0 aliphatic heterocycles. The van der Waals surface area contributed by atoms with Crippen LogP contribution >= 0.6 is 9.24 Å². The van der Waals surface area contributed by atoms with E-state index in [-0.39, 0.29) is 5.45 Å². The first-order valence-electron chi connectivity index (χ1n) is 5.47. The lowest BCUT2D eigenvalue weighted by Crippen LogP contribution is -2.06. The molecule has 2 rings (SSSR count). The number of benzene rings is 2. The standard InChI is InChI=1S/C13H13N2O2PS/c14-13(18)11-8-10(9-4-2-1-3-5-9)6-7-12(11)15-19(16)17/h1-8,14-15H,18H2,(H,16,17)/p-1. The van der Waals surface area contributed by atoms with Gasteiger partial charge in [0.15, 0.2) is 0 Å². The molecule has 0 spiro atoms. The second-order valence-corrected chi connectivity index (χ2v) is 5.13. The predicted octanol–water partition coefficient (Wildman–Crippen LogP) is 2.76. The van der Waals surface area contributed by atoms with E-state index in [1.165, 1.54) is 0 Å². The van der Waals surface area contributed by atoms with E-state index < -0.39 is 11.3 Å². The van der Waals surface area contributed by atoms with Crippen molar-refractivity contribution in [1.82, 2.24) is 0 Å². The summed E-state index contributed by atoms with van der Waals surface area (Å²) in [6.07, 6.45) is 0. The number of rotatable bonds is 4. The quantitative estimate of drug-likeness (QED) is 0.516. The van der Waals surface area contributed by atoms with Crippen LogP contribution in [0.25, 0.3) is 11.1 Å². The van der Waals surface area contributed by atoms with Crippen LogP contribution in [0, 0.1) is 5.41 Å². The van der Waals surface area contributed by atoms with E-state index in [0.717, 1.165) is 11.1 Å². The van der Waals surface area contributed by atoms with Gasteiger partial charge in [-0.05, 0) is 23.3 Å². The molecule has 0 saturated heterocycles. The molecule has 2 aromatic carbocycles. The van der Waals surface area contributed by atoms with E-state index in [0.29, 0.717) is 11.3 Å². The van der Waals surface area contributed by atoms with Crippen molar-refractivity contribution in [2.45, 2.75) is 0 Å². The van der Waals surface area contributed by atoms with Crippen molar-refractivity contribution in [3.05, 3.63) is 54.1 Å². The smallest absolute Gasteiger partial charge is 0.0572 e. The van der Waals surface area contributed by atoms with Gasteiger partial charge in [-0.25, -0.2) is 0 Å². The third kappa shape index (κ3) is 3.47. The molecule has 0 aromatic heterocycles. The molecule has 0 bridgehead atoms. The van der Waals surface area contributed by atoms with Gasteiger partial charge >= 0.3 is 0 Å². The summed E-state index contributed by atoms with van der Waals surface area (Å²) in [5, 5.41) is 7.70. The first kappa shape index (κ1) is 13.9. The number of nitrogens with one attached hydrogen (secondary N) is 2. The fourth-order valence-corrected chi connectivity index (χ4v) is 2.35. The monoisotopic (exact) mass is 291 g/mol. The van der Waals surface area contributed by atoms with Crippen LogP contribution in [0.1, 0.15) is 5.56 Å². The zero-order valence-electron chi connectivity index (χ0n) is 9.92. The SMILES string of the molecule is N=C(P)c1cc(-c2ccccc2)ccc1NS(=O)[O-]. The minimum Gasteiger partial charge on any atom is -0.755 e. The van der Waals surface area contributed by atoms with Gasteiger partial charge in [0.1, 0.15) is 0 Å². The lowest BCUT2D eigenvalue weighted by atomic mass is 10.0. The van der Waals surface area contributed by atoms with Crippen molar-refractivity contribution in [2.75, 3.05) is 4.72 Å². The van der Waals surface area contributed by atoms with Crippen molar-refractivity contribution < 1.29 is 8.76 Å². The van der Waals surface area contributed by atoms with Gasteiger partial charge in [0, 0.05) is 16.8 Å². The zero-order chi connectivity index (χ0) is 13.8. The summed E-state index contributed by atoms with van der Waals surface area (Å²) in [5.74, 6) is 0. The summed E-state index contributed by atoms with van der Waals surface area (Å²) in [5.41, 5.74) is 3.11. The summed E-state index contributed by atoms with van der Waals surface area (Å²) < 4.78 is 23.7. The number of hydrogen-bond acceptors (Lipinski definition) is 3. The van der Waals surface area contributed by atoms with E-state index >= 15 is 0 Å². The maximum atomic E-state index is 10.7. The minimum atomic E-state index is -2.40. The largest absolute Gasteiger partial charge is 0.755 e. The van der Waals surface area contributed by atoms with Crippen LogP contribution in [0.4, 0.5) is 5.69 Å². The molecule has 2 unspecified atom stereocenters. The van der Waals surface area contributed by atoms with Gasteiger partial charge < -0.3 is 14.7 Å². The van der Waals surface area contributed by atoms with Crippen molar-refractivity contribution in [3.8, 4) is 11.1 Å². The molecule has 0 radical (unpaired) electrons. The van der Waals surface area contributed by atoms with Crippen LogP contribution in [-0.4, -0.2) is 14.2 Å². The van der Waals surface area contributed by atoms with Crippen LogP contribution in [0.2, 0.25) is 0 Å². The molecule has 0 aliphatic carbocycles. The molecule has 98 valence electrons. The highest BCUT2D eigenvalue weighted by Crippen LogP contribution is 2.27.